The number of methoxy groups -OCH3 is 1. The van der Waals surface area contributed by atoms with Gasteiger partial charge in [-0.15, -0.1) is 0 Å². The molecule has 0 aliphatic rings. The van der Waals surface area contributed by atoms with Crippen LogP contribution in [0.5, 0.6) is 5.75 Å². The average molecular weight is 373 g/mol. The lowest BCUT2D eigenvalue weighted by Gasteiger charge is -2.08. The molecule has 0 saturated heterocycles. The van der Waals surface area contributed by atoms with Gasteiger partial charge in [-0.05, 0) is 56.3 Å². The molecule has 142 valence electrons. The number of nitrogens with zero attached hydrogens (tertiary/aromatic N) is 3. The van der Waals surface area contributed by atoms with Crippen molar-refractivity contribution in [3.63, 3.8) is 0 Å². The third-order valence-corrected chi connectivity index (χ3v) is 5.35. The van der Waals surface area contributed by atoms with Crippen LogP contribution in [0.25, 0.3) is 34.0 Å². The summed E-state index contributed by atoms with van der Waals surface area (Å²) in [6, 6.07) is 13.5. The first kappa shape index (κ1) is 18.0. The first-order valence-corrected chi connectivity index (χ1v) is 9.35. The quantitative estimate of drug-likeness (QED) is 0.533. The number of aromatic nitrogens is 3. The Morgan fingerprint density at radius 1 is 1.11 bits per heavy atom. The fraction of sp³-hybridized carbons (Fsp3) is 0.217. The van der Waals surface area contributed by atoms with Crippen molar-refractivity contribution >= 4 is 34.0 Å². The van der Waals surface area contributed by atoms with E-state index in [1.165, 1.54) is 0 Å². The van der Waals surface area contributed by atoms with E-state index in [1.54, 1.807) is 11.7 Å². The van der Waals surface area contributed by atoms with Gasteiger partial charge in [-0.2, -0.15) is 0 Å². The van der Waals surface area contributed by atoms with Crippen LogP contribution in [0.15, 0.2) is 47.3 Å². The number of fused-ring (bicyclic) bond motifs is 2. The van der Waals surface area contributed by atoms with E-state index in [0.717, 1.165) is 27.9 Å². The summed E-state index contributed by atoms with van der Waals surface area (Å²) >= 11 is 0. The Morgan fingerprint density at radius 2 is 1.89 bits per heavy atom. The largest absolute Gasteiger partial charge is 0.497 e. The van der Waals surface area contributed by atoms with Crippen LogP contribution in [-0.4, -0.2) is 21.2 Å². The zero-order valence-electron chi connectivity index (χ0n) is 16.6. The number of aryl methyl sites for hydroxylation is 1. The maximum atomic E-state index is 12.8. The maximum absolute atomic E-state index is 12.8. The van der Waals surface area contributed by atoms with E-state index >= 15 is 0 Å². The van der Waals surface area contributed by atoms with Gasteiger partial charge < -0.3 is 9.30 Å². The van der Waals surface area contributed by atoms with Crippen molar-refractivity contribution in [3.05, 3.63) is 69.9 Å². The van der Waals surface area contributed by atoms with Gasteiger partial charge in [0.15, 0.2) is 0 Å². The van der Waals surface area contributed by atoms with Gasteiger partial charge >= 0.3 is 0 Å². The molecule has 0 bridgehead atoms. The van der Waals surface area contributed by atoms with Crippen molar-refractivity contribution < 1.29 is 4.74 Å². The Labute approximate surface area is 163 Å². The predicted octanol–water partition coefficient (Wildman–Crippen LogP) is 4.40. The third kappa shape index (κ3) is 2.80. The minimum atomic E-state index is -0.0101. The van der Waals surface area contributed by atoms with Crippen molar-refractivity contribution in [1.29, 1.82) is 0 Å². The molecule has 2 aromatic heterocycles. The molecule has 0 aliphatic carbocycles. The molecular formula is C23H23N3O2. The summed E-state index contributed by atoms with van der Waals surface area (Å²) in [6.07, 6.45) is 3.97. The summed E-state index contributed by atoms with van der Waals surface area (Å²) in [6.45, 7) is 4.62. The first-order chi connectivity index (χ1) is 13.5. The van der Waals surface area contributed by atoms with E-state index in [-0.39, 0.29) is 5.56 Å². The number of hydrogen-bond donors (Lipinski definition) is 0. The van der Waals surface area contributed by atoms with E-state index in [9.17, 15) is 4.79 Å². The highest BCUT2D eigenvalue weighted by Gasteiger charge is 2.12. The van der Waals surface area contributed by atoms with Gasteiger partial charge in [0.2, 0.25) is 0 Å². The van der Waals surface area contributed by atoms with E-state index in [2.05, 4.69) is 24.6 Å². The van der Waals surface area contributed by atoms with Gasteiger partial charge in [0.05, 0.1) is 18.0 Å². The first-order valence-electron chi connectivity index (χ1n) is 9.35. The van der Waals surface area contributed by atoms with Crippen molar-refractivity contribution in [1.82, 2.24) is 14.1 Å². The smallest absolute Gasteiger partial charge is 0.261 e. The highest BCUT2D eigenvalue weighted by atomic mass is 16.5. The number of benzene rings is 2. The van der Waals surface area contributed by atoms with Crippen molar-refractivity contribution in [2.75, 3.05) is 7.11 Å². The molecule has 0 radical (unpaired) electrons. The van der Waals surface area contributed by atoms with Crippen molar-refractivity contribution in [2.45, 2.75) is 20.4 Å². The van der Waals surface area contributed by atoms with Crippen LogP contribution in [0.4, 0.5) is 0 Å². The molecule has 0 N–H and O–H groups in total. The lowest BCUT2D eigenvalue weighted by Crippen LogP contribution is -2.22. The molecule has 28 heavy (non-hydrogen) atoms. The van der Waals surface area contributed by atoms with Gasteiger partial charge in [-0.25, -0.2) is 4.98 Å². The molecule has 4 rings (SSSR count). The molecule has 5 heteroatoms. The lowest BCUT2D eigenvalue weighted by atomic mass is 10.1. The number of para-hydroxylation sites is 1. The topological polar surface area (TPSA) is 49.0 Å². The van der Waals surface area contributed by atoms with Crippen LogP contribution in [-0.2, 0) is 13.6 Å². The van der Waals surface area contributed by atoms with Crippen LogP contribution >= 0.6 is 0 Å². The summed E-state index contributed by atoms with van der Waals surface area (Å²) < 4.78 is 9.27. The summed E-state index contributed by atoms with van der Waals surface area (Å²) in [5, 5.41) is 1.76. The molecule has 0 saturated carbocycles. The third-order valence-electron chi connectivity index (χ3n) is 5.35. The summed E-state index contributed by atoms with van der Waals surface area (Å²) in [4.78, 5) is 17.5. The van der Waals surface area contributed by atoms with Crippen LogP contribution in [0.2, 0.25) is 0 Å². The highest BCUT2D eigenvalue weighted by Crippen LogP contribution is 2.30. The zero-order valence-corrected chi connectivity index (χ0v) is 16.6. The monoisotopic (exact) mass is 373 g/mol. The maximum Gasteiger partial charge on any atom is 0.261 e. The van der Waals surface area contributed by atoms with Gasteiger partial charge in [-0.3, -0.25) is 9.36 Å². The minimum Gasteiger partial charge on any atom is -0.497 e. The molecule has 0 fully saturated rings. The van der Waals surface area contributed by atoms with Gasteiger partial charge in [0.1, 0.15) is 11.6 Å². The van der Waals surface area contributed by atoms with Gasteiger partial charge in [0, 0.05) is 35.8 Å². The molecule has 0 spiro atoms. The van der Waals surface area contributed by atoms with E-state index in [1.807, 2.05) is 55.5 Å². The van der Waals surface area contributed by atoms with E-state index in [4.69, 9.17) is 9.72 Å². The molecule has 4 aromatic rings. The number of hydrogen-bond acceptors (Lipinski definition) is 3. The Bertz CT molecular complexity index is 1280. The van der Waals surface area contributed by atoms with Crippen LogP contribution in [0, 0.1) is 6.92 Å². The molecular weight excluding hydrogens is 350 g/mol. The minimum absolute atomic E-state index is 0.0101. The summed E-state index contributed by atoms with van der Waals surface area (Å²) in [5.74, 6) is 1.48. The Balaban J connectivity index is 1.90. The molecule has 0 atom stereocenters. The second kappa shape index (κ2) is 7.00. The zero-order chi connectivity index (χ0) is 19.8. The van der Waals surface area contributed by atoms with Crippen molar-refractivity contribution in [3.8, 4) is 5.75 Å². The summed E-state index contributed by atoms with van der Waals surface area (Å²) in [5.41, 5.74) is 4.08. The van der Waals surface area contributed by atoms with Crippen LogP contribution in [0.3, 0.4) is 0 Å². The van der Waals surface area contributed by atoms with Gasteiger partial charge in [-0.1, -0.05) is 12.1 Å². The van der Waals surface area contributed by atoms with Crippen LogP contribution in [0.1, 0.15) is 24.0 Å². The molecule has 0 unspecified atom stereocenters. The molecule has 2 heterocycles. The molecule has 2 aromatic carbocycles. The SMILES string of the molecule is CCn1c(C=Cc2c(C)n(C)c3ccc(OC)cc23)nc2ccccc2c1=O. The fourth-order valence-corrected chi connectivity index (χ4v) is 3.69. The molecule has 0 amide bonds. The average Bonchev–Trinajstić information content (AvgIpc) is 2.96. The highest BCUT2D eigenvalue weighted by molar-refractivity contribution is 5.94. The van der Waals surface area contributed by atoms with Crippen LogP contribution < -0.4 is 10.3 Å². The number of rotatable bonds is 4. The van der Waals surface area contributed by atoms with Gasteiger partial charge in [0.25, 0.3) is 5.56 Å². The second-order valence-electron chi connectivity index (χ2n) is 6.81. The lowest BCUT2D eigenvalue weighted by molar-refractivity contribution is 0.415. The van der Waals surface area contributed by atoms with E-state index < -0.39 is 0 Å². The molecule has 5 nitrogen and oxygen atoms in total. The fourth-order valence-electron chi connectivity index (χ4n) is 3.69. The second-order valence-corrected chi connectivity index (χ2v) is 6.81. The standard InChI is InChI=1S/C23H23N3O2/c1-5-26-22(24-20-9-7-6-8-18(20)23(26)27)13-11-17-15(2)25(3)21-12-10-16(28-4)14-19(17)21/h6-14H,5H2,1-4H3. The Hall–Kier alpha value is -3.34. The Kier molecular flexibility index (Phi) is 4.51. The van der Waals surface area contributed by atoms with E-state index in [0.29, 0.717) is 23.3 Å². The Morgan fingerprint density at radius 3 is 2.64 bits per heavy atom. The summed E-state index contributed by atoms with van der Waals surface area (Å²) in [7, 11) is 3.73. The van der Waals surface area contributed by atoms with Crippen molar-refractivity contribution in [2.24, 2.45) is 7.05 Å². The molecule has 0 aliphatic heterocycles. The normalized spacial score (nSPS) is 11.7. The number of ether oxygens (including phenoxy) is 1. The predicted molar refractivity (Wildman–Crippen MR) is 115 cm³/mol.